The van der Waals surface area contributed by atoms with E-state index in [2.05, 4.69) is 69.5 Å². The van der Waals surface area contributed by atoms with Gasteiger partial charge in [-0.1, -0.05) is 44.2 Å². The van der Waals surface area contributed by atoms with E-state index in [1.165, 1.54) is 11.3 Å². The third-order valence-corrected chi connectivity index (χ3v) is 7.05. The van der Waals surface area contributed by atoms with Crippen molar-refractivity contribution in [2.24, 2.45) is 0 Å². The molecule has 1 aromatic heterocycles. The van der Waals surface area contributed by atoms with Crippen molar-refractivity contribution in [3.05, 3.63) is 72.3 Å². The van der Waals surface area contributed by atoms with E-state index < -0.39 is 6.09 Å². The van der Waals surface area contributed by atoms with Crippen LogP contribution in [0.1, 0.15) is 25.8 Å². The lowest BCUT2D eigenvalue weighted by Gasteiger charge is -2.36. The highest BCUT2D eigenvalue weighted by Gasteiger charge is 2.20. The molecular formula is C31H37N5O3. The lowest BCUT2D eigenvalue weighted by atomic mass is 10.1. The number of nitrogens with zero attached hydrogens (tertiary/aromatic N) is 3. The number of imidazole rings is 1. The number of H-pyrrole nitrogens is 1. The molecule has 2 heterocycles. The number of amides is 1. The molecule has 0 aliphatic carbocycles. The number of aromatic amines is 1. The molecule has 0 bridgehead atoms. The molecule has 4 aromatic rings. The van der Waals surface area contributed by atoms with Crippen LogP contribution in [0.25, 0.3) is 22.4 Å². The van der Waals surface area contributed by atoms with E-state index in [9.17, 15) is 4.79 Å². The van der Waals surface area contributed by atoms with Gasteiger partial charge in [0.2, 0.25) is 0 Å². The fourth-order valence-electron chi connectivity index (χ4n) is 4.80. The van der Waals surface area contributed by atoms with Crippen molar-refractivity contribution in [2.75, 3.05) is 56.2 Å². The Bertz CT molecular complexity index is 1360. The average molecular weight is 528 g/mol. The number of hydrogen-bond acceptors (Lipinski definition) is 6. The Hall–Kier alpha value is -4.04. The number of aryl methyl sites for hydroxylation is 1. The number of carbonyl (C=O) groups is 1. The second-order valence-corrected chi connectivity index (χ2v) is 9.77. The van der Waals surface area contributed by atoms with E-state index in [1.807, 2.05) is 31.2 Å². The molecule has 8 heteroatoms. The van der Waals surface area contributed by atoms with Gasteiger partial charge in [0.1, 0.15) is 23.7 Å². The van der Waals surface area contributed by atoms with E-state index >= 15 is 0 Å². The molecule has 39 heavy (non-hydrogen) atoms. The number of hydrogen-bond donors (Lipinski definition) is 2. The molecule has 1 amide bonds. The van der Waals surface area contributed by atoms with Gasteiger partial charge in [-0.05, 0) is 54.8 Å². The summed E-state index contributed by atoms with van der Waals surface area (Å²) in [5, 5.41) is 2.72. The van der Waals surface area contributed by atoms with E-state index in [1.54, 1.807) is 0 Å². The molecular weight excluding hydrogens is 490 g/mol. The van der Waals surface area contributed by atoms with Crippen molar-refractivity contribution in [3.8, 4) is 17.1 Å². The Kier molecular flexibility index (Phi) is 8.63. The first-order valence-corrected chi connectivity index (χ1v) is 13.8. The molecule has 0 spiro atoms. The number of para-hydroxylation sites is 1. The molecule has 1 saturated heterocycles. The first-order chi connectivity index (χ1) is 19.1. The maximum atomic E-state index is 11.7. The van der Waals surface area contributed by atoms with E-state index in [0.29, 0.717) is 18.9 Å². The topological polar surface area (TPSA) is 82.7 Å². The summed E-state index contributed by atoms with van der Waals surface area (Å²) in [5.74, 6) is 1.70. The minimum absolute atomic E-state index is 0.412. The number of fused-ring (bicyclic) bond motifs is 1. The quantitative estimate of drug-likeness (QED) is 0.265. The minimum Gasteiger partial charge on any atom is -0.492 e. The summed E-state index contributed by atoms with van der Waals surface area (Å²) in [6, 6.07) is 22.4. The van der Waals surface area contributed by atoms with Gasteiger partial charge in [-0.2, -0.15) is 0 Å². The second kappa shape index (κ2) is 12.7. The monoisotopic (exact) mass is 527 g/mol. The van der Waals surface area contributed by atoms with Crippen molar-refractivity contribution >= 4 is 28.5 Å². The second-order valence-electron chi connectivity index (χ2n) is 9.77. The zero-order valence-electron chi connectivity index (χ0n) is 22.8. The molecule has 1 fully saturated rings. The van der Waals surface area contributed by atoms with Crippen LogP contribution in [0.5, 0.6) is 5.75 Å². The minimum atomic E-state index is -0.435. The van der Waals surface area contributed by atoms with Gasteiger partial charge in [-0.3, -0.25) is 10.2 Å². The molecule has 5 rings (SSSR count). The standard InChI is InChI=1S/C31H37N5O3/c1-3-21-39-31(37)32-25-12-14-26(15-13-25)38-22-20-35-16-18-36(19-17-35)28-7-5-6-27-29(28)34-30(33-27)24-10-8-23(4-2)9-11-24/h5-15H,3-4,16-22H2,1-2H3,(H,32,37)(H,33,34). The number of nitrogens with one attached hydrogen (secondary N) is 2. The molecule has 8 nitrogen and oxygen atoms in total. The van der Waals surface area contributed by atoms with Crippen molar-refractivity contribution in [1.82, 2.24) is 14.9 Å². The number of anilines is 2. The highest BCUT2D eigenvalue weighted by atomic mass is 16.5. The number of benzene rings is 3. The Labute approximate surface area is 229 Å². The summed E-state index contributed by atoms with van der Waals surface area (Å²) in [5.41, 5.74) is 6.41. The first-order valence-electron chi connectivity index (χ1n) is 13.8. The molecule has 3 aromatic carbocycles. The Morgan fingerprint density at radius 2 is 1.72 bits per heavy atom. The van der Waals surface area contributed by atoms with Crippen LogP contribution in [0.2, 0.25) is 0 Å². The van der Waals surface area contributed by atoms with E-state index in [0.717, 1.165) is 73.7 Å². The molecule has 0 saturated carbocycles. The summed E-state index contributed by atoms with van der Waals surface area (Å²) < 4.78 is 11.0. The van der Waals surface area contributed by atoms with Crippen LogP contribution in [0.3, 0.4) is 0 Å². The number of carbonyl (C=O) groups excluding carboxylic acids is 1. The third-order valence-electron chi connectivity index (χ3n) is 7.05. The molecule has 2 N–H and O–H groups in total. The first kappa shape index (κ1) is 26.6. The number of ether oxygens (including phenoxy) is 2. The van der Waals surface area contributed by atoms with Gasteiger partial charge in [0.25, 0.3) is 0 Å². The molecule has 1 aliphatic rings. The van der Waals surface area contributed by atoms with Crippen LogP contribution >= 0.6 is 0 Å². The predicted molar refractivity (Wildman–Crippen MR) is 157 cm³/mol. The molecule has 0 radical (unpaired) electrons. The number of piperazine rings is 1. The lowest BCUT2D eigenvalue weighted by Crippen LogP contribution is -2.47. The van der Waals surface area contributed by atoms with Crippen LogP contribution in [0.15, 0.2) is 66.7 Å². The van der Waals surface area contributed by atoms with E-state index in [-0.39, 0.29) is 0 Å². The van der Waals surface area contributed by atoms with Crippen molar-refractivity contribution < 1.29 is 14.3 Å². The predicted octanol–water partition coefficient (Wildman–Crippen LogP) is 5.95. The fraction of sp³-hybridized carbons (Fsp3) is 0.355. The van der Waals surface area contributed by atoms with Gasteiger partial charge in [0.05, 0.1) is 17.8 Å². The van der Waals surface area contributed by atoms with Crippen molar-refractivity contribution in [3.63, 3.8) is 0 Å². The highest BCUT2D eigenvalue weighted by Crippen LogP contribution is 2.29. The Balaban J connectivity index is 1.11. The Morgan fingerprint density at radius 3 is 2.44 bits per heavy atom. The van der Waals surface area contributed by atoms with Crippen molar-refractivity contribution in [2.45, 2.75) is 26.7 Å². The Morgan fingerprint density at radius 1 is 0.949 bits per heavy atom. The van der Waals surface area contributed by atoms with Gasteiger partial charge < -0.3 is 19.4 Å². The normalized spacial score (nSPS) is 13.9. The molecule has 0 atom stereocenters. The van der Waals surface area contributed by atoms with Gasteiger partial charge >= 0.3 is 6.09 Å². The average Bonchev–Trinajstić information content (AvgIpc) is 3.42. The largest absolute Gasteiger partial charge is 0.492 e. The zero-order valence-corrected chi connectivity index (χ0v) is 22.8. The third kappa shape index (κ3) is 6.70. The van der Waals surface area contributed by atoms with Gasteiger partial charge in [0.15, 0.2) is 0 Å². The molecule has 0 unspecified atom stereocenters. The number of aromatic nitrogens is 2. The van der Waals surface area contributed by atoms with Crippen LogP contribution in [-0.2, 0) is 11.2 Å². The zero-order chi connectivity index (χ0) is 27.0. The summed E-state index contributed by atoms with van der Waals surface area (Å²) in [6.45, 7) is 9.85. The van der Waals surface area contributed by atoms with Gasteiger partial charge in [-0.25, -0.2) is 9.78 Å². The maximum absolute atomic E-state index is 11.7. The molecule has 204 valence electrons. The lowest BCUT2D eigenvalue weighted by molar-refractivity contribution is 0.161. The van der Waals surface area contributed by atoms with Gasteiger partial charge in [-0.15, -0.1) is 0 Å². The number of rotatable bonds is 10. The van der Waals surface area contributed by atoms with Crippen LogP contribution < -0.4 is 15.0 Å². The van der Waals surface area contributed by atoms with Crippen LogP contribution in [0, 0.1) is 0 Å². The van der Waals surface area contributed by atoms with Crippen LogP contribution in [0.4, 0.5) is 16.2 Å². The summed E-state index contributed by atoms with van der Waals surface area (Å²) >= 11 is 0. The smallest absolute Gasteiger partial charge is 0.411 e. The fourth-order valence-corrected chi connectivity index (χ4v) is 4.80. The summed E-state index contributed by atoms with van der Waals surface area (Å²) in [6.07, 6.45) is 1.40. The van der Waals surface area contributed by atoms with E-state index in [4.69, 9.17) is 14.5 Å². The summed E-state index contributed by atoms with van der Waals surface area (Å²) in [7, 11) is 0. The molecule has 1 aliphatic heterocycles. The summed E-state index contributed by atoms with van der Waals surface area (Å²) in [4.78, 5) is 25.0. The van der Waals surface area contributed by atoms with Crippen molar-refractivity contribution in [1.29, 1.82) is 0 Å². The van der Waals surface area contributed by atoms with Crippen LogP contribution in [-0.4, -0.2) is 66.9 Å². The SMILES string of the molecule is CCCOC(=O)Nc1ccc(OCCN2CCN(c3cccc4[nH]c(-c5ccc(CC)cc5)nc34)CC2)cc1. The maximum Gasteiger partial charge on any atom is 0.411 e. The highest BCUT2D eigenvalue weighted by molar-refractivity contribution is 5.91. The van der Waals surface area contributed by atoms with Gasteiger partial charge in [0, 0.05) is 44.0 Å².